The molecular weight excluding hydrogens is 382 g/mol. The average Bonchev–Trinajstić information content (AvgIpc) is 3.10. The van der Waals surface area contributed by atoms with Crippen molar-refractivity contribution >= 4 is 44.7 Å². The third kappa shape index (κ3) is 4.72. The number of thiophene rings is 1. The lowest BCUT2D eigenvalue weighted by molar-refractivity contribution is 0.193. The van der Waals surface area contributed by atoms with Crippen LogP contribution in [0.1, 0.15) is 12.8 Å². The van der Waals surface area contributed by atoms with Gasteiger partial charge in [-0.3, -0.25) is 0 Å². The third-order valence-corrected chi connectivity index (χ3v) is 7.09. The summed E-state index contributed by atoms with van der Waals surface area (Å²) in [6, 6.07) is 9.88. The first kappa shape index (κ1) is 18.2. The molecule has 9 heteroatoms. The molecule has 6 nitrogen and oxygen atoms in total. The van der Waals surface area contributed by atoms with Gasteiger partial charge in [0.25, 0.3) is 0 Å². The summed E-state index contributed by atoms with van der Waals surface area (Å²) in [5, 5.41) is 5.09. The van der Waals surface area contributed by atoms with Crippen LogP contribution in [0.15, 0.2) is 46.0 Å². The maximum atomic E-state index is 12.3. The highest BCUT2D eigenvalue weighted by molar-refractivity contribution is 7.91. The Morgan fingerprint density at radius 2 is 1.96 bits per heavy atom. The maximum Gasteiger partial charge on any atom is 0.321 e. The van der Waals surface area contributed by atoms with Crippen LogP contribution in [0.5, 0.6) is 0 Å². The monoisotopic (exact) mass is 399 g/mol. The Bertz CT molecular complexity index is 832. The van der Waals surface area contributed by atoms with Crippen LogP contribution in [0.3, 0.4) is 0 Å². The number of likely N-dealkylation sites (tertiary alicyclic amines) is 1. The molecule has 0 spiro atoms. The van der Waals surface area contributed by atoms with Crippen LogP contribution in [0.25, 0.3) is 0 Å². The summed E-state index contributed by atoms with van der Waals surface area (Å²) in [5.74, 6) is 0. The topological polar surface area (TPSA) is 78.5 Å². The van der Waals surface area contributed by atoms with E-state index in [4.69, 9.17) is 11.6 Å². The zero-order chi connectivity index (χ0) is 17.9. The number of hydrogen-bond acceptors (Lipinski definition) is 4. The Hall–Kier alpha value is -1.61. The molecule has 1 aromatic heterocycles. The number of rotatable bonds is 4. The van der Waals surface area contributed by atoms with E-state index in [2.05, 4.69) is 10.0 Å². The first-order valence-electron chi connectivity index (χ1n) is 7.81. The van der Waals surface area contributed by atoms with Crippen molar-refractivity contribution in [3.8, 4) is 0 Å². The molecule has 1 aromatic carbocycles. The van der Waals surface area contributed by atoms with Gasteiger partial charge in [0.1, 0.15) is 4.21 Å². The fourth-order valence-electron chi connectivity index (χ4n) is 2.66. The third-order valence-electron chi connectivity index (χ3n) is 3.94. The molecule has 2 aromatic rings. The number of benzene rings is 1. The molecule has 134 valence electrons. The predicted molar refractivity (Wildman–Crippen MR) is 99.7 cm³/mol. The predicted octanol–water partition coefficient (Wildman–Crippen LogP) is 3.38. The van der Waals surface area contributed by atoms with E-state index >= 15 is 0 Å². The van der Waals surface area contributed by atoms with Crippen molar-refractivity contribution in [1.82, 2.24) is 9.62 Å². The van der Waals surface area contributed by atoms with Crippen LogP contribution in [-0.4, -0.2) is 38.5 Å². The van der Waals surface area contributed by atoms with Crippen molar-refractivity contribution in [2.75, 3.05) is 18.4 Å². The Morgan fingerprint density at radius 1 is 1.20 bits per heavy atom. The highest BCUT2D eigenvalue weighted by atomic mass is 35.5. The summed E-state index contributed by atoms with van der Waals surface area (Å²) in [5.41, 5.74) is 0.637. The van der Waals surface area contributed by atoms with Gasteiger partial charge in [-0.25, -0.2) is 17.9 Å². The number of carbonyl (C=O) groups is 1. The van der Waals surface area contributed by atoms with Crippen LogP contribution >= 0.6 is 22.9 Å². The lowest BCUT2D eigenvalue weighted by atomic mass is 10.1. The SMILES string of the molecule is O=C(Nc1cccc(Cl)c1)N1CCC(NS(=O)(=O)c2cccs2)CC1. The second-order valence-corrected chi connectivity index (χ2v) is 9.08. The van der Waals surface area contributed by atoms with Crippen molar-refractivity contribution in [3.05, 3.63) is 46.8 Å². The standard InChI is InChI=1S/C16H18ClN3O3S2/c17-12-3-1-4-14(11-12)18-16(21)20-8-6-13(7-9-20)19-25(22,23)15-5-2-10-24-15/h1-5,10-11,13,19H,6-9H2,(H,18,21). The number of urea groups is 1. The van der Waals surface area contributed by atoms with Crippen molar-refractivity contribution in [2.24, 2.45) is 0 Å². The number of halogens is 1. The second kappa shape index (κ2) is 7.74. The summed E-state index contributed by atoms with van der Waals surface area (Å²) in [6.45, 7) is 0.980. The minimum absolute atomic E-state index is 0.165. The fourth-order valence-corrected chi connectivity index (χ4v) is 5.17. The Kier molecular flexibility index (Phi) is 5.63. The van der Waals surface area contributed by atoms with Crippen LogP contribution in [0, 0.1) is 0 Å². The van der Waals surface area contributed by atoms with Gasteiger partial charge in [0.15, 0.2) is 0 Å². The van der Waals surface area contributed by atoms with E-state index in [1.807, 2.05) is 0 Å². The highest BCUT2D eigenvalue weighted by Crippen LogP contribution is 2.20. The van der Waals surface area contributed by atoms with Gasteiger partial charge in [-0.1, -0.05) is 23.7 Å². The second-order valence-electron chi connectivity index (χ2n) is 5.76. The quantitative estimate of drug-likeness (QED) is 0.827. The van der Waals surface area contributed by atoms with Crippen LogP contribution in [0.4, 0.5) is 10.5 Å². The van der Waals surface area contributed by atoms with Gasteiger partial charge >= 0.3 is 6.03 Å². The lowest BCUT2D eigenvalue weighted by Gasteiger charge is -2.32. The molecule has 2 heterocycles. The molecule has 1 aliphatic rings. The minimum atomic E-state index is -3.47. The van der Waals surface area contributed by atoms with Crippen LogP contribution in [-0.2, 0) is 10.0 Å². The number of hydrogen-bond donors (Lipinski definition) is 2. The Balaban J connectivity index is 1.52. The number of piperidine rings is 1. The molecule has 1 aliphatic heterocycles. The number of anilines is 1. The van der Waals surface area contributed by atoms with Gasteiger partial charge in [0.05, 0.1) is 0 Å². The van der Waals surface area contributed by atoms with Crippen molar-refractivity contribution in [3.63, 3.8) is 0 Å². The first-order valence-corrected chi connectivity index (χ1v) is 10.6. The molecule has 1 saturated heterocycles. The number of carbonyl (C=O) groups excluding carboxylic acids is 1. The fraction of sp³-hybridized carbons (Fsp3) is 0.312. The Morgan fingerprint density at radius 3 is 2.60 bits per heavy atom. The highest BCUT2D eigenvalue weighted by Gasteiger charge is 2.27. The van der Waals surface area contributed by atoms with Crippen LogP contribution < -0.4 is 10.0 Å². The van der Waals surface area contributed by atoms with E-state index in [0.717, 1.165) is 0 Å². The van der Waals surface area contributed by atoms with Crippen molar-refractivity contribution in [2.45, 2.75) is 23.1 Å². The van der Waals surface area contributed by atoms with E-state index < -0.39 is 10.0 Å². The van der Waals surface area contributed by atoms with Crippen molar-refractivity contribution < 1.29 is 13.2 Å². The largest absolute Gasteiger partial charge is 0.324 e. The van der Waals surface area contributed by atoms with Gasteiger partial charge in [-0.2, -0.15) is 0 Å². The van der Waals surface area contributed by atoms with Gasteiger partial charge in [0, 0.05) is 29.8 Å². The van der Waals surface area contributed by atoms with E-state index in [0.29, 0.717) is 40.9 Å². The van der Waals surface area contributed by atoms with E-state index in [1.165, 1.54) is 11.3 Å². The molecule has 0 atom stereocenters. The van der Waals surface area contributed by atoms with Crippen molar-refractivity contribution in [1.29, 1.82) is 0 Å². The summed E-state index contributed by atoms with van der Waals surface area (Å²) >= 11 is 7.10. The summed E-state index contributed by atoms with van der Waals surface area (Å²) in [7, 11) is -3.47. The zero-order valence-electron chi connectivity index (χ0n) is 13.3. The Labute approximate surface area is 155 Å². The number of nitrogens with one attached hydrogen (secondary N) is 2. The molecule has 2 N–H and O–H groups in total. The smallest absolute Gasteiger partial charge is 0.321 e. The molecule has 0 radical (unpaired) electrons. The molecule has 2 amide bonds. The summed E-state index contributed by atoms with van der Waals surface area (Å²) < 4.78 is 27.5. The van der Waals surface area contributed by atoms with Gasteiger partial charge < -0.3 is 10.2 Å². The summed E-state index contributed by atoms with van der Waals surface area (Å²) in [4.78, 5) is 14.0. The summed E-state index contributed by atoms with van der Waals surface area (Å²) in [6.07, 6.45) is 1.15. The maximum absolute atomic E-state index is 12.3. The van der Waals surface area contributed by atoms with E-state index in [1.54, 1.807) is 46.7 Å². The number of sulfonamides is 1. The molecule has 3 rings (SSSR count). The van der Waals surface area contributed by atoms with E-state index in [9.17, 15) is 13.2 Å². The van der Waals surface area contributed by atoms with Gasteiger partial charge in [-0.05, 0) is 42.5 Å². The van der Waals surface area contributed by atoms with E-state index in [-0.39, 0.29) is 12.1 Å². The first-order chi connectivity index (χ1) is 11.9. The molecule has 25 heavy (non-hydrogen) atoms. The zero-order valence-corrected chi connectivity index (χ0v) is 15.7. The molecule has 0 saturated carbocycles. The molecule has 0 bridgehead atoms. The molecule has 0 aliphatic carbocycles. The number of amides is 2. The molecule has 0 unspecified atom stereocenters. The minimum Gasteiger partial charge on any atom is -0.324 e. The van der Waals surface area contributed by atoms with Crippen LogP contribution in [0.2, 0.25) is 5.02 Å². The van der Waals surface area contributed by atoms with Gasteiger partial charge in [-0.15, -0.1) is 11.3 Å². The van der Waals surface area contributed by atoms with Gasteiger partial charge in [0.2, 0.25) is 10.0 Å². The average molecular weight is 400 g/mol. The molecular formula is C16H18ClN3O3S2. The molecule has 1 fully saturated rings. The lowest BCUT2D eigenvalue weighted by Crippen LogP contribution is -2.47. The number of nitrogens with zero attached hydrogens (tertiary/aromatic N) is 1. The normalized spacial score (nSPS) is 16.0.